The molecule has 2 aliphatic rings. The lowest BCUT2D eigenvalue weighted by Gasteiger charge is -2.39. The zero-order valence-electron chi connectivity index (χ0n) is 22.1. The molecular formula is C28H19Cl2F6N3O5. The maximum absolute atomic E-state index is 13.5. The maximum Gasteiger partial charge on any atom is 0.573 e. The molecule has 2 aliphatic heterocycles. The van der Waals surface area contributed by atoms with Gasteiger partial charge in [-0.25, -0.2) is 0 Å². The minimum Gasteiger partial charge on any atom is -0.482 e. The van der Waals surface area contributed by atoms with Crippen LogP contribution in [0.15, 0.2) is 54.6 Å². The Bertz CT molecular complexity index is 1650. The Morgan fingerprint density at radius 3 is 2.36 bits per heavy atom. The number of nitrogens with zero attached hydrogens (tertiary/aromatic N) is 2. The summed E-state index contributed by atoms with van der Waals surface area (Å²) in [5.74, 6) is -2.40. The lowest BCUT2D eigenvalue weighted by atomic mass is 9.99. The molecule has 5 rings (SSSR count). The quantitative estimate of drug-likeness (QED) is 0.326. The number of alkyl halides is 6. The van der Waals surface area contributed by atoms with E-state index in [2.05, 4.69) is 10.1 Å². The smallest absolute Gasteiger partial charge is 0.482 e. The van der Waals surface area contributed by atoms with Gasteiger partial charge in [0.25, 0.3) is 11.8 Å². The summed E-state index contributed by atoms with van der Waals surface area (Å²) in [6, 6.07) is 9.07. The van der Waals surface area contributed by atoms with Gasteiger partial charge < -0.3 is 24.6 Å². The molecule has 2 heterocycles. The zero-order valence-corrected chi connectivity index (χ0v) is 23.6. The first-order valence-electron chi connectivity index (χ1n) is 12.7. The van der Waals surface area contributed by atoms with E-state index in [-0.39, 0.29) is 57.8 Å². The minimum atomic E-state index is -4.92. The van der Waals surface area contributed by atoms with Gasteiger partial charge in [0.15, 0.2) is 6.61 Å². The van der Waals surface area contributed by atoms with Crippen molar-refractivity contribution in [1.29, 1.82) is 0 Å². The molecule has 1 saturated heterocycles. The number of benzene rings is 3. The standard InChI is InChI=1S/C28H19Cl2F6N3O5/c29-17-8-15(7-16(10-17)27(31,32)33)14-1-3-21-19(9-14)26(42)39-6-5-38(12-22(39)25(41)37-21)24(40)13-43-23-4-2-18(11-20(23)30)44-28(34,35)36/h1-4,7-11,22H,5-6,12-13H2,(H,37,41)/t22-/m0/s1. The number of piperazine rings is 1. The van der Waals surface area contributed by atoms with Crippen LogP contribution in [0.2, 0.25) is 10.0 Å². The highest BCUT2D eigenvalue weighted by Gasteiger charge is 2.41. The molecule has 0 bridgehead atoms. The van der Waals surface area contributed by atoms with Crippen molar-refractivity contribution in [2.24, 2.45) is 0 Å². The van der Waals surface area contributed by atoms with Crippen LogP contribution >= 0.6 is 23.2 Å². The van der Waals surface area contributed by atoms with E-state index in [9.17, 15) is 40.7 Å². The van der Waals surface area contributed by atoms with Crippen molar-refractivity contribution < 1.29 is 50.2 Å². The average Bonchev–Trinajstić information content (AvgIpc) is 3.04. The van der Waals surface area contributed by atoms with Crippen molar-refractivity contribution in [3.8, 4) is 22.6 Å². The Labute approximate surface area is 255 Å². The van der Waals surface area contributed by atoms with Gasteiger partial charge in [-0.2, -0.15) is 13.2 Å². The molecule has 1 atom stereocenters. The Balaban J connectivity index is 1.29. The third kappa shape index (κ3) is 6.81. The van der Waals surface area contributed by atoms with Gasteiger partial charge in [0, 0.05) is 24.2 Å². The van der Waals surface area contributed by atoms with E-state index in [1.807, 2.05) is 0 Å². The van der Waals surface area contributed by atoms with Crippen molar-refractivity contribution >= 4 is 46.6 Å². The van der Waals surface area contributed by atoms with Gasteiger partial charge in [-0.1, -0.05) is 29.3 Å². The number of carbonyl (C=O) groups is 3. The Hall–Kier alpha value is -4.17. The highest BCUT2D eigenvalue weighted by Crippen LogP contribution is 2.37. The third-order valence-corrected chi connectivity index (χ3v) is 7.36. The van der Waals surface area contributed by atoms with Crippen LogP contribution in [-0.4, -0.2) is 66.2 Å². The number of carbonyl (C=O) groups excluding carboxylic acids is 3. The van der Waals surface area contributed by atoms with Crippen LogP contribution in [0.25, 0.3) is 11.1 Å². The fourth-order valence-electron chi connectivity index (χ4n) is 4.80. The first kappa shape index (κ1) is 31.3. The Morgan fingerprint density at radius 1 is 0.932 bits per heavy atom. The number of anilines is 1. The lowest BCUT2D eigenvalue weighted by molar-refractivity contribution is -0.274. The number of hydrogen-bond donors (Lipinski definition) is 1. The van der Waals surface area contributed by atoms with Gasteiger partial charge in [0.1, 0.15) is 17.5 Å². The van der Waals surface area contributed by atoms with Gasteiger partial charge in [-0.15, -0.1) is 13.2 Å². The van der Waals surface area contributed by atoms with Crippen LogP contribution in [0.1, 0.15) is 15.9 Å². The maximum atomic E-state index is 13.5. The topological polar surface area (TPSA) is 88.2 Å². The molecule has 0 unspecified atom stereocenters. The number of amides is 3. The Kier molecular flexibility index (Phi) is 8.33. The second-order valence-corrected chi connectivity index (χ2v) is 10.6. The fourth-order valence-corrected chi connectivity index (χ4v) is 5.26. The highest BCUT2D eigenvalue weighted by molar-refractivity contribution is 6.32. The molecule has 0 radical (unpaired) electrons. The molecule has 3 amide bonds. The first-order valence-corrected chi connectivity index (χ1v) is 13.4. The molecule has 8 nitrogen and oxygen atoms in total. The molecule has 1 N–H and O–H groups in total. The average molecular weight is 662 g/mol. The van der Waals surface area contributed by atoms with Gasteiger partial charge in [0.05, 0.1) is 28.4 Å². The Morgan fingerprint density at radius 2 is 1.68 bits per heavy atom. The summed E-state index contributed by atoms with van der Waals surface area (Å²) in [6.07, 6.45) is -9.57. The van der Waals surface area contributed by atoms with Crippen LogP contribution in [0.3, 0.4) is 0 Å². The molecule has 232 valence electrons. The van der Waals surface area contributed by atoms with Crippen LogP contribution < -0.4 is 14.8 Å². The van der Waals surface area contributed by atoms with E-state index in [0.717, 1.165) is 30.3 Å². The van der Waals surface area contributed by atoms with E-state index in [0.29, 0.717) is 0 Å². The van der Waals surface area contributed by atoms with E-state index < -0.39 is 54.2 Å². The normalized spacial score (nSPS) is 17.0. The largest absolute Gasteiger partial charge is 0.573 e. The van der Waals surface area contributed by atoms with Gasteiger partial charge in [-0.3, -0.25) is 14.4 Å². The summed E-state index contributed by atoms with van der Waals surface area (Å²) < 4.78 is 86.4. The summed E-state index contributed by atoms with van der Waals surface area (Å²) in [7, 11) is 0. The summed E-state index contributed by atoms with van der Waals surface area (Å²) >= 11 is 11.9. The number of hydrogen-bond acceptors (Lipinski definition) is 5. The molecule has 44 heavy (non-hydrogen) atoms. The van der Waals surface area contributed by atoms with Gasteiger partial charge in [-0.05, 0) is 53.6 Å². The summed E-state index contributed by atoms with van der Waals surface area (Å²) in [5, 5.41) is 2.26. The first-order chi connectivity index (χ1) is 20.6. The molecule has 1 fully saturated rings. The van der Waals surface area contributed by atoms with Crippen LogP contribution in [0, 0.1) is 0 Å². The van der Waals surface area contributed by atoms with E-state index in [1.165, 1.54) is 34.1 Å². The van der Waals surface area contributed by atoms with Crippen LogP contribution in [0.4, 0.5) is 32.0 Å². The summed E-state index contributed by atoms with van der Waals surface area (Å²) in [4.78, 5) is 42.1. The number of rotatable bonds is 5. The number of nitrogens with one attached hydrogen (secondary N) is 1. The number of halogens is 8. The monoisotopic (exact) mass is 661 g/mol. The SMILES string of the molecule is O=C1Nc2ccc(-c3cc(Cl)cc(C(F)(F)F)c3)cc2C(=O)N2CCN(C(=O)COc3ccc(OC(F)(F)F)cc3Cl)C[C@@H]12. The van der Waals surface area contributed by atoms with Gasteiger partial charge in [0.2, 0.25) is 5.91 Å². The van der Waals surface area contributed by atoms with Crippen molar-refractivity contribution in [2.75, 3.05) is 31.6 Å². The second-order valence-electron chi connectivity index (χ2n) is 9.76. The molecule has 0 saturated carbocycles. The third-order valence-electron chi connectivity index (χ3n) is 6.85. The number of fused-ring (bicyclic) bond motifs is 2. The van der Waals surface area contributed by atoms with Crippen LogP contribution in [0.5, 0.6) is 11.5 Å². The molecule has 0 aliphatic carbocycles. The second kappa shape index (κ2) is 11.7. The summed E-state index contributed by atoms with van der Waals surface area (Å²) in [5.41, 5.74) is -0.396. The molecular weight excluding hydrogens is 643 g/mol. The van der Waals surface area contributed by atoms with Crippen molar-refractivity contribution in [3.63, 3.8) is 0 Å². The lowest BCUT2D eigenvalue weighted by Crippen LogP contribution is -2.60. The van der Waals surface area contributed by atoms with E-state index in [1.54, 1.807) is 0 Å². The zero-order chi connectivity index (χ0) is 32.0. The molecule has 3 aromatic rings. The molecule has 0 spiro atoms. The predicted molar refractivity (Wildman–Crippen MR) is 146 cm³/mol. The van der Waals surface area contributed by atoms with Crippen LogP contribution in [-0.2, 0) is 15.8 Å². The summed E-state index contributed by atoms with van der Waals surface area (Å²) in [6.45, 7) is -0.797. The van der Waals surface area contributed by atoms with Crippen molar-refractivity contribution in [2.45, 2.75) is 18.6 Å². The van der Waals surface area contributed by atoms with Gasteiger partial charge >= 0.3 is 12.5 Å². The molecule has 3 aromatic carbocycles. The van der Waals surface area contributed by atoms with E-state index >= 15 is 0 Å². The molecule has 0 aromatic heterocycles. The van der Waals surface area contributed by atoms with Crippen molar-refractivity contribution in [1.82, 2.24) is 9.80 Å². The molecule has 16 heteroatoms. The fraction of sp³-hybridized carbons (Fsp3) is 0.250. The van der Waals surface area contributed by atoms with E-state index in [4.69, 9.17) is 27.9 Å². The van der Waals surface area contributed by atoms with Crippen molar-refractivity contribution in [3.05, 3.63) is 75.8 Å². The highest BCUT2D eigenvalue weighted by atomic mass is 35.5. The number of ether oxygens (including phenoxy) is 2. The predicted octanol–water partition coefficient (Wildman–Crippen LogP) is 6.26. The minimum absolute atomic E-state index is 0.0159.